The first-order chi connectivity index (χ1) is 11.2. The molecule has 1 unspecified atom stereocenters. The first-order valence-corrected chi connectivity index (χ1v) is 9.28. The summed E-state index contributed by atoms with van der Waals surface area (Å²) in [4.78, 5) is 19.5. The Morgan fingerprint density at radius 2 is 2.17 bits per heavy atom. The number of piperidine rings is 1. The molecule has 0 bridgehead atoms. The summed E-state index contributed by atoms with van der Waals surface area (Å²) in [6.45, 7) is 4.90. The Kier molecular flexibility index (Phi) is 5.57. The van der Waals surface area contributed by atoms with Crippen LogP contribution in [0.25, 0.3) is 0 Å². The van der Waals surface area contributed by atoms with Crippen LogP contribution in [0.2, 0.25) is 0 Å². The lowest BCUT2D eigenvalue weighted by Gasteiger charge is -2.31. The molecule has 0 saturated carbocycles. The van der Waals surface area contributed by atoms with E-state index in [2.05, 4.69) is 27.4 Å². The van der Waals surface area contributed by atoms with E-state index in [4.69, 9.17) is 0 Å². The number of thiazole rings is 1. The van der Waals surface area contributed by atoms with E-state index in [9.17, 15) is 4.79 Å². The Morgan fingerprint density at radius 1 is 1.35 bits per heavy atom. The van der Waals surface area contributed by atoms with Gasteiger partial charge >= 0.3 is 0 Å². The predicted octanol–water partition coefficient (Wildman–Crippen LogP) is 3.87. The normalized spacial score (nSPS) is 18.9. The molecule has 0 N–H and O–H groups in total. The van der Waals surface area contributed by atoms with Crippen LogP contribution in [0, 0.1) is 12.8 Å². The maximum atomic E-state index is 12.5. The van der Waals surface area contributed by atoms with Crippen molar-refractivity contribution in [2.45, 2.75) is 39.2 Å². The first-order valence-electron chi connectivity index (χ1n) is 8.41. The number of carbonyl (C=O) groups is 1. The van der Waals surface area contributed by atoms with Gasteiger partial charge in [0.05, 0.1) is 10.7 Å². The van der Waals surface area contributed by atoms with Crippen molar-refractivity contribution in [3.05, 3.63) is 52.0 Å². The summed E-state index contributed by atoms with van der Waals surface area (Å²) < 4.78 is 0. The smallest absolute Gasteiger partial charge is 0.137 e. The third-order valence-corrected chi connectivity index (χ3v) is 5.34. The van der Waals surface area contributed by atoms with Crippen molar-refractivity contribution in [3.8, 4) is 0 Å². The van der Waals surface area contributed by atoms with E-state index in [1.54, 1.807) is 11.3 Å². The van der Waals surface area contributed by atoms with Crippen LogP contribution in [0.1, 0.15) is 35.5 Å². The summed E-state index contributed by atoms with van der Waals surface area (Å²) in [6, 6.07) is 10.3. The Balaban J connectivity index is 1.50. The second-order valence-corrected chi connectivity index (χ2v) is 7.45. The lowest BCUT2D eigenvalue weighted by atomic mass is 9.90. The molecular formula is C19H24N2OS. The van der Waals surface area contributed by atoms with Crippen molar-refractivity contribution in [1.82, 2.24) is 9.88 Å². The van der Waals surface area contributed by atoms with Crippen molar-refractivity contribution in [1.29, 1.82) is 0 Å². The quantitative estimate of drug-likeness (QED) is 0.807. The van der Waals surface area contributed by atoms with E-state index in [0.29, 0.717) is 12.2 Å². The fourth-order valence-corrected chi connectivity index (χ4v) is 3.89. The van der Waals surface area contributed by atoms with Gasteiger partial charge in [0.2, 0.25) is 0 Å². The van der Waals surface area contributed by atoms with Gasteiger partial charge in [0.1, 0.15) is 5.78 Å². The molecule has 0 amide bonds. The molecule has 0 aliphatic carbocycles. The van der Waals surface area contributed by atoms with Crippen LogP contribution in [0.15, 0.2) is 35.7 Å². The van der Waals surface area contributed by atoms with Gasteiger partial charge in [-0.25, -0.2) is 4.98 Å². The number of rotatable bonds is 6. The first kappa shape index (κ1) is 16.3. The highest BCUT2D eigenvalue weighted by Gasteiger charge is 2.25. The minimum Gasteiger partial charge on any atom is -0.299 e. The van der Waals surface area contributed by atoms with E-state index in [1.165, 1.54) is 5.56 Å². The van der Waals surface area contributed by atoms with Crippen LogP contribution < -0.4 is 0 Å². The molecule has 1 aromatic carbocycles. The summed E-state index contributed by atoms with van der Waals surface area (Å²) in [7, 11) is 0. The van der Waals surface area contributed by atoms with Crippen molar-refractivity contribution in [3.63, 3.8) is 0 Å². The second-order valence-electron chi connectivity index (χ2n) is 6.38. The molecule has 122 valence electrons. The zero-order valence-electron chi connectivity index (χ0n) is 13.7. The SMILES string of the molecule is Cc1nc(CN2CCCC(C(=O)CCc3ccccc3)C2)cs1. The van der Waals surface area contributed by atoms with Crippen LogP contribution >= 0.6 is 11.3 Å². The summed E-state index contributed by atoms with van der Waals surface area (Å²) in [5.41, 5.74) is 2.40. The topological polar surface area (TPSA) is 33.2 Å². The van der Waals surface area contributed by atoms with Crippen LogP contribution in [0.4, 0.5) is 0 Å². The predicted molar refractivity (Wildman–Crippen MR) is 94.6 cm³/mol. The fourth-order valence-electron chi connectivity index (χ4n) is 3.29. The lowest BCUT2D eigenvalue weighted by Crippen LogP contribution is -2.38. The molecule has 1 atom stereocenters. The van der Waals surface area contributed by atoms with E-state index >= 15 is 0 Å². The number of Topliss-reactive ketones (excluding diaryl/α,β-unsaturated/α-hetero) is 1. The Morgan fingerprint density at radius 3 is 2.91 bits per heavy atom. The van der Waals surface area contributed by atoms with Gasteiger partial charge in [-0.15, -0.1) is 11.3 Å². The van der Waals surface area contributed by atoms with Crippen molar-refractivity contribution >= 4 is 17.1 Å². The molecule has 2 heterocycles. The standard InChI is InChI=1S/C19H24N2OS/c1-15-20-18(14-23-15)13-21-11-5-8-17(12-21)19(22)10-9-16-6-3-2-4-7-16/h2-4,6-7,14,17H,5,8-13H2,1H3. The maximum absolute atomic E-state index is 12.5. The third-order valence-electron chi connectivity index (χ3n) is 4.52. The van der Waals surface area contributed by atoms with E-state index < -0.39 is 0 Å². The number of carbonyl (C=O) groups excluding carboxylic acids is 1. The average molecular weight is 328 g/mol. The molecule has 3 rings (SSSR count). The molecule has 0 radical (unpaired) electrons. The largest absolute Gasteiger partial charge is 0.299 e. The molecule has 0 spiro atoms. The van der Waals surface area contributed by atoms with E-state index in [0.717, 1.165) is 49.6 Å². The number of aryl methyl sites for hydroxylation is 2. The van der Waals surface area contributed by atoms with Crippen LogP contribution in [0.3, 0.4) is 0 Å². The number of benzene rings is 1. The van der Waals surface area contributed by atoms with Crippen molar-refractivity contribution in [2.75, 3.05) is 13.1 Å². The maximum Gasteiger partial charge on any atom is 0.137 e. The van der Waals surface area contributed by atoms with Gasteiger partial charge in [0.25, 0.3) is 0 Å². The molecular weight excluding hydrogens is 304 g/mol. The van der Waals surface area contributed by atoms with Crippen molar-refractivity contribution < 1.29 is 4.79 Å². The van der Waals surface area contributed by atoms with E-state index in [1.807, 2.05) is 25.1 Å². The third kappa shape index (κ3) is 4.72. The van der Waals surface area contributed by atoms with Gasteiger partial charge < -0.3 is 0 Å². The second kappa shape index (κ2) is 7.84. The number of nitrogens with zero attached hydrogens (tertiary/aromatic N) is 2. The highest BCUT2D eigenvalue weighted by molar-refractivity contribution is 7.09. The highest BCUT2D eigenvalue weighted by Crippen LogP contribution is 2.21. The zero-order chi connectivity index (χ0) is 16.1. The van der Waals surface area contributed by atoms with Gasteiger partial charge in [0, 0.05) is 30.8 Å². The molecule has 1 fully saturated rings. The highest BCUT2D eigenvalue weighted by atomic mass is 32.1. The molecule has 23 heavy (non-hydrogen) atoms. The summed E-state index contributed by atoms with van der Waals surface area (Å²) in [6.07, 6.45) is 3.69. The molecule has 3 nitrogen and oxygen atoms in total. The lowest BCUT2D eigenvalue weighted by molar-refractivity contribution is -0.124. The fraction of sp³-hybridized carbons (Fsp3) is 0.474. The Labute approximate surface area is 142 Å². The van der Waals surface area contributed by atoms with Gasteiger partial charge in [0.15, 0.2) is 0 Å². The monoisotopic (exact) mass is 328 g/mol. The Hall–Kier alpha value is -1.52. The van der Waals surface area contributed by atoms with Gasteiger partial charge in [-0.3, -0.25) is 9.69 Å². The van der Waals surface area contributed by atoms with Gasteiger partial charge in [-0.2, -0.15) is 0 Å². The Bertz CT molecular complexity index is 638. The number of likely N-dealkylation sites (tertiary alicyclic amines) is 1. The molecule has 1 saturated heterocycles. The molecule has 2 aromatic rings. The molecule has 1 aliphatic heterocycles. The minimum absolute atomic E-state index is 0.201. The number of aromatic nitrogens is 1. The van der Waals surface area contributed by atoms with Crippen molar-refractivity contribution in [2.24, 2.45) is 5.92 Å². The van der Waals surface area contributed by atoms with Gasteiger partial charge in [-0.1, -0.05) is 30.3 Å². The number of hydrogen-bond donors (Lipinski definition) is 0. The zero-order valence-corrected chi connectivity index (χ0v) is 14.5. The average Bonchev–Trinajstić information content (AvgIpc) is 2.99. The van der Waals surface area contributed by atoms with Crippen LogP contribution in [-0.4, -0.2) is 28.8 Å². The number of hydrogen-bond acceptors (Lipinski definition) is 4. The van der Waals surface area contributed by atoms with Crippen LogP contribution in [-0.2, 0) is 17.8 Å². The minimum atomic E-state index is 0.201. The molecule has 4 heteroatoms. The van der Waals surface area contributed by atoms with Crippen LogP contribution in [0.5, 0.6) is 0 Å². The number of ketones is 1. The van der Waals surface area contributed by atoms with E-state index in [-0.39, 0.29) is 5.92 Å². The summed E-state index contributed by atoms with van der Waals surface area (Å²) in [5.74, 6) is 0.625. The van der Waals surface area contributed by atoms with Gasteiger partial charge in [-0.05, 0) is 38.3 Å². The molecule has 1 aliphatic rings. The molecule has 1 aromatic heterocycles. The summed E-state index contributed by atoms with van der Waals surface area (Å²) >= 11 is 1.70. The summed E-state index contributed by atoms with van der Waals surface area (Å²) in [5, 5.41) is 3.25.